The summed E-state index contributed by atoms with van der Waals surface area (Å²) in [5, 5.41) is 36.4. The molecule has 9 nitrogen and oxygen atoms in total. The van der Waals surface area contributed by atoms with Crippen molar-refractivity contribution in [1.29, 1.82) is 0 Å². The lowest BCUT2D eigenvalue weighted by molar-refractivity contribution is -0.383. The van der Waals surface area contributed by atoms with Gasteiger partial charge in [0.2, 0.25) is 5.52 Å². The number of hydrogen-bond acceptors (Lipinski definition) is 9. The normalized spacial score (nSPS) is 12.2. The lowest BCUT2D eigenvalue weighted by atomic mass is 10.2. The second kappa shape index (κ2) is 8.13. The summed E-state index contributed by atoms with van der Waals surface area (Å²) in [4.78, 5) is 11.2. The number of aliphatic hydroxyl groups excluding tert-OH is 2. The molecule has 1 heterocycles. The second-order valence-electron chi connectivity index (χ2n) is 5.38. The number of benzene rings is 2. The molecule has 0 aliphatic heterocycles. The monoisotopic (exact) mass is 377 g/mol. The molecule has 0 radical (unpaired) electrons. The van der Waals surface area contributed by atoms with Crippen LogP contribution >= 0.6 is 11.8 Å². The van der Waals surface area contributed by atoms with Gasteiger partial charge in [0.15, 0.2) is 5.52 Å². The standard InChI is InChI=1S/C16H15N3O6S/c20-7-11(21)8-24-12-3-1-10(2-4-12)9-26-14-6-5-13(19(22)23)15-16(14)18-25-17-15/h1-6,11,20-21H,7-9H2. The van der Waals surface area contributed by atoms with Crippen LogP contribution in [0.3, 0.4) is 0 Å². The van der Waals surface area contributed by atoms with Gasteiger partial charge in [0.05, 0.1) is 11.5 Å². The van der Waals surface area contributed by atoms with E-state index in [0.717, 1.165) is 10.5 Å². The van der Waals surface area contributed by atoms with Gasteiger partial charge in [-0.1, -0.05) is 12.1 Å². The summed E-state index contributed by atoms with van der Waals surface area (Å²) in [6.45, 7) is -0.333. The van der Waals surface area contributed by atoms with E-state index < -0.39 is 11.0 Å². The van der Waals surface area contributed by atoms with Crippen molar-refractivity contribution in [2.75, 3.05) is 13.2 Å². The Bertz CT molecular complexity index is 899. The van der Waals surface area contributed by atoms with Gasteiger partial charge in [-0.15, -0.1) is 11.8 Å². The zero-order valence-electron chi connectivity index (χ0n) is 13.4. The van der Waals surface area contributed by atoms with E-state index in [4.69, 9.17) is 9.84 Å². The van der Waals surface area contributed by atoms with Crippen LogP contribution in [0.5, 0.6) is 5.75 Å². The first-order chi connectivity index (χ1) is 12.6. The molecule has 0 aliphatic rings. The highest BCUT2D eigenvalue weighted by molar-refractivity contribution is 7.98. The lowest BCUT2D eigenvalue weighted by Crippen LogP contribution is -2.21. The van der Waals surface area contributed by atoms with E-state index in [-0.39, 0.29) is 24.4 Å². The summed E-state index contributed by atoms with van der Waals surface area (Å²) in [7, 11) is 0. The van der Waals surface area contributed by atoms with Crippen LogP contribution in [0.4, 0.5) is 5.69 Å². The quantitative estimate of drug-likeness (QED) is 0.344. The average molecular weight is 377 g/mol. The molecule has 2 aromatic carbocycles. The number of aliphatic hydroxyl groups is 2. The van der Waals surface area contributed by atoms with Gasteiger partial charge in [0.1, 0.15) is 18.5 Å². The Hall–Kier alpha value is -2.69. The topological polar surface area (TPSA) is 132 Å². The first-order valence-electron chi connectivity index (χ1n) is 7.61. The van der Waals surface area contributed by atoms with Gasteiger partial charge < -0.3 is 14.9 Å². The average Bonchev–Trinajstić information content (AvgIpc) is 3.14. The molecule has 10 heteroatoms. The fourth-order valence-corrected chi connectivity index (χ4v) is 3.13. The van der Waals surface area contributed by atoms with Gasteiger partial charge in [0.25, 0.3) is 0 Å². The van der Waals surface area contributed by atoms with Crippen LogP contribution in [0.2, 0.25) is 0 Å². The van der Waals surface area contributed by atoms with Crippen molar-refractivity contribution >= 4 is 28.5 Å². The van der Waals surface area contributed by atoms with Crippen LogP contribution < -0.4 is 4.74 Å². The molecule has 1 atom stereocenters. The van der Waals surface area contributed by atoms with Crippen molar-refractivity contribution in [2.45, 2.75) is 16.8 Å². The van der Waals surface area contributed by atoms with E-state index >= 15 is 0 Å². The molecule has 3 rings (SSSR count). The smallest absolute Gasteiger partial charge is 0.300 e. The maximum atomic E-state index is 11.0. The molecule has 0 aliphatic carbocycles. The van der Waals surface area contributed by atoms with Gasteiger partial charge in [-0.25, -0.2) is 4.63 Å². The summed E-state index contributed by atoms with van der Waals surface area (Å²) < 4.78 is 10.00. The van der Waals surface area contributed by atoms with Crippen LogP contribution in [-0.4, -0.2) is 44.8 Å². The van der Waals surface area contributed by atoms with Crippen LogP contribution in [-0.2, 0) is 5.75 Å². The van der Waals surface area contributed by atoms with Crippen molar-refractivity contribution in [3.05, 3.63) is 52.1 Å². The number of nitrogens with zero attached hydrogens (tertiary/aromatic N) is 3. The first-order valence-corrected chi connectivity index (χ1v) is 8.60. The summed E-state index contributed by atoms with van der Waals surface area (Å²) in [6.07, 6.45) is -0.911. The lowest BCUT2D eigenvalue weighted by Gasteiger charge is -2.10. The summed E-state index contributed by atoms with van der Waals surface area (Å²) in [5.74, 6) is 1.20. The number of rotatable bonds is 8. The molecule has 3 aromatic rings. The molecule has 0 bridgehead atoms. The molecule has 0 spiro atoms. The number of ether oxygens (including phenoxy) is 1. The summed E-state index contributed by atoms with van der Waals surface area (Å²) >= 11 is 1.46. The van der Waals surface area contributed by atoms with Crippen molar-refractivity contribution in [1.82, 2.24) is 10.3 Å². The summed E-state index contributed by atoms with van der Waals surface area (Å²) in [6, 6.07) is 10.3. The zero-order valence-corrected chi connectivity index (χ0v) is 14.3. The van der Waals surface area contributed by atoms with Gasteiger partial charge in [-0.2, -0.15) is 0 Å². The highest BCUT2D eigenvalue weighted by Gasteiger charge is 2.19. The number of hydrogen-bond donors (Lipinski definition) is 2. The Morgan fingerprint density at radius 3 is 2.62 bits per heavy atom. The van der Waals surface area contributed by atoms with E-state index in [2.05, 4.69) is 14.9 Å². The first kappa shape index (κ1) is 18.1. The fourth-order valence-electron chi connectivity index (χ4n) is 2.18. The molecule has 1 unspecified atom stereocenters. The second-order valence-corrected chi connectivity index (χ2v) is 6.40. The molecule has 0 saturated carbocycles. The van der Waals surface area contributed by atoms with Gasteiger partial charge in [-0.3, -0.25) is 10.1 Å². The minimum absolute atomic E-state index is 0.0184. The molecule has 1 aromatic heterocycles. The van der Waals surface area contributed by atoms with Crippen molar-refractivity contribution in [3.8, 4) is 5.75 Å². The molecule has 136 valence electrons. The molecular formula is C16H15N3O6S. The molecule has 0 amide bonds. The largest absolute Gasteiger partial charge is 0.491 e. The third kappa shape index (κ3) is 4.10. The molecular weight excluding hydrogens is 362 g/mol. The maximum absolute atomic E-state index is 11.0. The minimum atomic E-state index is -0.911. The Balaban J connectivity index is 1.66. The van der Waals surface area contributed by atoms with Crippen LogP contribution in [0.15, 0.2) is 45.9 Å². The van der Waals surface area contributed by atoms with Crippen LogP contribution in [0.1, 0.15) is 5.56 Å². The fraction of sp³-hybridized carbons (Fsp3) is 0.250. The third-order valence-electron chi connectivity index (χ3n) is 3.52. The highest BCUT2D eigenvalue weighted by atomic mass is 32.2. The molecule has 26 heavy (non-hydrogen) atoms. The van der Waals surface area contributed by atoms with E-state index in [1.54, 1.807) is 18.2 Å². The molecule has 0 fully saturated rings. The number of non-ortho nitro benzene ring substituents is 1. The predicted molar refractivity (Wildman–Crippen MR) is 93.0 cm³/mol. The highest BCUT2D eigenvalue weighted by Crippen LogP contribution is 2.33. The zero-order chi connectivity index (χ0) is 18.5. The van der Waals surface area contributed by atoms with E-state index in [9.17, 15) is 15.2 Å². The van der Waals surface area contributed by atoms with E-state index in [0.29, 0.717) is 17.0 Å². The Labute approximate surface area is 151 Å². The maximum Gasteiger partial charge on any atom is 0.300 e. The third-order valence-corrected chi connectivity index (χ3v) is 4.64. The molecule has 0 saturated heterocycles. The van der Waals surface area contributed by atoms with Crippen LogP contribution in [0, 0.1) is 10.1 Å². The number of nitro benzene ring substituents is 1. The SMILES string of the molecule is O=[N+]([O-])c1ccc(SCc2ccc(OCC(O)CO)cc2)c2nonc12. The Morgan fingerprint density at radius 1 is 1.19 bits per heavy atom. The minimum Gasteiger partial charge on any atom is -0.491 e. The Kier molecular flexibility index (Phi) is 5.66. The van der Waals surface area contributed by atoms with E-state index in [1.165, 1.54) is 17.8 Å². The van der Waals surface area contributed by atoms with Gasteiger partial charge >= 0.3 is 5.69 Å². The van der Waals surface area contributed by atoms with E-state index in [1.807, 2.05) is 12.1 Å². The van der Waals surface area contributed by atoms with Crippen LogP contribution in [0.25, 0.3) is 11.0 Å². The Morgan fingerprint density at radius 2 is 1.92 bits per heavy atom. The van der Waals surface area contributed by atoms with Gasteiger partial charge in [0, 0.05) is 16.7 Å². The summed E-state index contributed by atoms with van der Waals surface area (Å²) in [5.41, 5.74) is 1.36. The van der Waals surface area contributed by atoms with Crippen molar-refractivity contribution in [3.63, 3.8) is 0 Å². The number of nitro groups is 1. The molecule has 2 N–H and O–H groups in total. The van der Waals surface area contributed by atoms with Crippen molar-refractivity contribution < 1.29 is 24.5 Å². The number of aromatic nitrogens is 2. The number of thioether (sulfide) groups is 1. The number of fused-ring (bicyclic) bond motifs is 1. The van der Waals surface area contributed by atoms with Crippen molar-refractivity contribution in [2.24, 2.45) is 0 Å². The predicted octanol–water partition coefficient (Wildman–Crippen LogP) is 2.16. The van der Waals surface area contributed by atoms with Gasteiger partial charge in [-0.05, 0) is 34.1 Å².